The molecule has 0 spiro atoms. The highest BCUT2D eigenvalue weighted by molar-refractivity contribution is 7.89. The maximum absolute atomic E-state index is 13.0. The van der Waals surface area contributed by atoms with E-state index >= 15 is 0 Å². The smallest absolute Gasteiger partial charge is 0.251 e. The van der Waals surface area contributed by atoms with E-state index < -0.39 is 10.0 Å². The number of rotatable bonds is 6. The van der Waals surface area contributed by atoms with Crippen LogP contribution in [-0.4, -0.2) is 39.1 Å². The molecule has 1 aliphatic heterocycles. The van der Waals surface area contributed by atoms with Crippen molar-refractivity contribution in [2.45, 2.75) is 67.9 Å². The van der Waals surface area contributed by atoms with Gasteiger partial charge in [0.1, 0.15) is 0 Å². The fourth-order valence-corrected chi connectivity index (χ4v) is 7.58. The summed E-state index contributed by atoms with van der Waals surface area (Å²) in [5.74, 6) is 2.09. The molecular formula is C22H30N2O4S. The van der Waals surface area contributed by atoms with Gasteiger partial charge in [0.05, 0.1) is 11.0 Å². The van der Waals surface area contributed by atoms with Gasteiger partial charge in [-0.05, 0) is 87.3 Å². The van der Waals surface area contributed by atoms with Crippen molar-refractivity contribution < 1.29 is 17.9 Å². The van der Waals surface area contributed by atoms with E-state index in [1.54, 1.807) is 18.2 Å². The second-order valence-corrected chi connectivity index (χ2v) is 11.4. The van der Waals surface area contributed by atoms with Gasteiger partial charge in [-0.15, -0.1) is 0 Å². The van der Waals surface area contributed by atoms with Crippen molar-refractivity contribution in [1.82, 2.24) is 10.0 Å². The number of nitrogens with one attached hydrogen (secondary N) is 2. The monoisotopic (exact) mass is 418 g/mol. The van der Waals surface area contributed by atoms with Gasteiger partial charge in [0.25, 0.3) is 5.91 Å². The predicted octanol–water partition coefficient (Wildman–Crippen LogP) is 2.84. The van der Waals surface area contributed by atoms with Crippen LogP contribution >= 0.6 is 0 Å². The molecule has 5 aliphatic rings. The maximum atomic E-state index is 13.0. The molecule has 7 heteroatoms. The van der Waals surface area contributed by atoms with Crippen molar-refractivity contribution in [3.05, 3.63) is 29.8 Å². The molecule has 0 radical (unpaired) electrons. The summed E-state index contributed by atoms with van der Waals surface area (Å²) in [5.41, 5.74) is 0.333. The van der Waals surface area contributed by atoms with E-state index in [0.717, 1.165) is 49.9 Å². The molecule has 0 aromatic heterocycles. The number of carbonyl (C=O) groups is 1. The van der Waals surface area contributed by atoms with Crippen LogP contribution in [0.3, 0.4) is 0 Å². The third-order valence-corrected chi connectivity index (χ3v) is 8.77. The molecule has 1 aromatic carbocycles. The Labute approximate surface area is 172 Å². The van der Waals surface area contributed by atoms with Crippen LogP contribution in [0.4, 0.5) is 0 Å². The van der Waals surface area contributed by atoms with Gasteiger partial charge in [0.15, 0.2) is 0 Å². The van der Waals surface area contributed by atoms with Crippen molar-refractivity contribution in [3.63, 3.8) is 0 Å². The normalized spacial score (nSPS) is 35.7. The molecule has 4 bridgehead atoms. The molecule has 1 atom stereocenters. The van der Waals surface area contributed by atoms with Crippen LogP contribution in [0.1, 0.15) is 61.7 Å². The lowest BCUT2D eigenvalue weighted by Gasteiger charge is -2.56. The van der Waals surface area contributed by atoms with Gasteiger partial charge in [0.2, 0.25) is 10.0 Å². The van der Waals surface area contributed by atoms with Gasteiger partial charge in [-0.3, -0.25) is 4.79 Å². The van der Waals surface area contributed by atoms with Crippen LogP contribution in [0.5, 0.6) is 0 Å². The zero-order valence-electron chi connectivity index (χ0n) is 16.7. The number of sulfonamides is 1. The molecular weight excluding hydrogens is 388 g/mol. The number of amides is 1. The van der Waals surface area contributed by atoms with Crippen molar-refractivity contribution in [2.75, 3.05) is 13.2 Å². The minimum absolute atomic E-state index is 0.0626. The van der Waals surface area contributed by atoms with E-state index in [4.69, 9.17) is 4.74 Å². The molecule has 29 heavy (non-hydrogen) atoms. The Balaban J connectivity index is 1.28. The third kappa shape index (κ3) is 3.97. The molecule has 6 nitrogen and oxygen atoms in total. The van der Waals surface area contributed by atoms with Gasteiger partial charge in [-0.25, -0.2) is 13.1 Å². The standard InChI is InChI=1S/C22H30N2O4S/c25-21(24-22-11-15-7-16(12-22)9-17(8-15)13-22)18-3-1-5-20(10-18)29(26,27)23-14-19-4-2-6-28-19/h1,3,5,10,15-17,19,23H,2,4,6-9,11-14H2,(H,24,25). The van der Waals surface area contributed by atoms with Gasteiger partial charge in [-0.2, -0.15) is 0 Å². The summed E-state index contributed by atoms with van der Waals surface area (Å²) in [6, 6.07) is 6.39. The minimum Gasteiger partial charge on any atom is -0.377 e. The fourth-order valence-electron chi connectivity index (χ4n) is 6.47. The quantitative estimate of drug-likeness (QED) is 0.744. The maximum Gasteiger partial charge on any atom is 0.251 e. The number of hydrogen-bond acceptors (Lipinski definition) is 4. The van der Waals surface area contributed by atoms with E-state index in [2.05, 4.69) is 10.0 Å². The zero-order valence-corrected chi connectivity index (χ0v) is 17.5. The van der Waals surface area contributed by atoms with Crippen molar-refractivity contribution >= 4 is 15.9 Å². The van der Waals surface area contributed by atoms with E-state index in [0.29, 0.717) is 12.2 Å². The molecule has 1 unspecified atom stereocenters. The van der Waals surface area contributed by atoms with Crippen LogP contribution in [0.15, 0.2) is 29.2 Å². The van der Waals surface area contributed by atoms with E-state index in [9.17, 15) is 13.2 Å². The molecule has 1 saturated heterocycles. The summed E-state index contributed by atoms with van der Waals surface area (Å²) in [5, 5.41) is 3.32. The number of carbonyl (C=O) groups excluding carboxylic acids is 1. The average Bonchev–Trinajstić information content (AvgIpc) is 3.19. The van der Waals surface area contributed by atoms with Crippen LogP contribution in [0.25, 0.3) is 0 Å². The first-order valence-electron chi connectivity index (χ1n) is 10.9. The molecule has 6 rings (SSSR count). The molecule has 4 aliphatic carbocycles. The Bertz CT molecular complexity index is 857. The summed E-state index contributed by atoms with van der Waals surface area (Å²) in [6.07, 6.45) is 8.95. The first-order valence-corrected chi connectivity index (χ1v) is 12.4. The molecule has 1 heterocycles. The second kappa shape index (κ2) is 7.36. The van der Waals surface area contributed by atoms with Crippen LogP contribution in [0, 0.1) is 17.8 Å². The Kier molecular flexibility index (Phi) is 4.95. The predicted molar refractivity (Wildman–Crippen MR) is 109 cm³/mol. The lowest BCUT2D eigenvalue weighted by atomic mass is 9.53. The van der Waals surface area contributed by atoms with E-state index in [-0.39, 0.29) is 29.0 Å². The average molecular weight is 419 g/mol. The van der Waals surface area contributed by atoms with Gasteiger partial charge < -0.3 is 10.1 Å². The fraction of sp³-hybridized carbons (Fsp3) is 0.682. The Morgan fingerprint density at radius 1 is 1.10 bits per heavy atom. The lowest BCUT2D eigenvalue weighted by molar-refractivity contribution is -0.0167. The van der Waals surface area contributed by atoms with Crippen LogP contribution < -0.4 is 10.0 Å². The first-order chi connectivity index (χ1) is 13.9. The summed E-state index contributed by atoms with van der Waals surface area (Å²) < 4.78 is 33.5. The van der Waals surface area contributed by atoms with E-state index in [1.807, 2.05) is 0 Å². The van der Waals surface area contributed by atoms with E-state index in [1.165, 1.54) is 25.3 Å². The highest BCUT2D eigenvalue weighted by atomic mass is 32.2. The lowest BCUT2D eigenvalue weighted by Crippen LogP contribution is -2.59. The van der Waals surface area contributed by atoms with Gasteiger partial charge in [-0.1, -0.05) is 6.07 Å². The first kappa shape index (κ1) is 19.5. The van der Waals surface area contributed by atoms with Gasteiger partial charge in [0, 0.05) is 24.3 Å². The zero-order chi connectivity index (χ0) is 20.1. The van der Waals surface area contributed by atoms with Gasteiger partial charge >= 0.3 is 0 Å². The third-order valence-electron chi connectivity index (χ3n) is 7.35. The summed E-state index contributed by atoms with van der Waals surface area (Å²) in [6.45, 7) is 0.957. The highest BCUT2D eigenvalue weighted by Gasteiger charge is 2.51. The van der Waals surface area contributed by atoms with Crippen molar-refractivity contribution in [1.29, 1.82) is 0 Å². The molecule has 5 fully saturated rings. The minimum atomic E-state index is -3.67. The second-order valence-electron chi connectivity index (χ2n) is 9.67. The molecule has 4 saturated carbocycles. The molecule has 2 N–H and O–H groups in total. The molecule has 158 valence electrons. The summed E-state index contributed by atoms with van der Waals surface area (Å²) >= 11 is 0. The number of benzene rings is 1. The SMILES string of the molecule is O=C(NC12CC3CC(CC(C3)C1)C2)c1cccc(S(=O)(=O)NCC2CCCO2)c1. The van der Waals surface area contributed by atoms with Crippen LogP contribution in [0.2, 0.25) is 0 Å². The number of hydrogen-bond donors (Lipinski definition) is 2. The Morgan fingerprint density at radius 2 is 1.79 bits per heavy atom. The van der Waals surface area contributed by atoms with Crippen molar-refractivity contribution in [2.24, 2.45) is 17.8 Å². The van der Waals surface area contributed by atoms with Crippen LogP contribution in [-0.2, 0) is 14.8 Å². The van der Waals surface area contributed by atoms with Crippen molar-refractivity contribution in [3.8, 4) is 0 Å². The topological polar surface area (TPSA) is 84.5 Å². The highest BCUT2D eigenvalue weighted by Crippen LogP contribution is 2.55. The largest absolute Gasteiger partial charge is 0.377 e. The Hall–Kier alpha value is -1.44. The summed E-state index contributed by atoms with van der Waals surface area (Å²) in [7, 11) is -3.67. The molecule has 1 amide bonds. The molecule has 1 aromatic rings. The number of ether oxygens (including phenoxy) is 1. The summed E-state index contributed by atoms with van der Waals surface area (Å²) in [4.78, 5) is 13.2. The Morgan fingerprint density at radius 3 is 2.41 bits per heavy atom.